The molecule has 110 valence electrons. The van der Waals surface area contributed by atoms with Crippen LogP contribution in [0, 0.1) is 5.82 Å². The molecule has 0 radical (unpaired) electrons. The summed E-state index contributed by atoms with van der Waals surface area (Å²) >= 11 is 5.70. The Labute approximate surface area is 121 Å². The maximum absolute atomic E-state index is 14.1. The van der Waals surface area contributed by atoms with Crippen molar-refractivity contribution in [3.05, 3.63) is 28.5 Å². The number of hydrogen-bond donors (Lipinski definition) is 1. The normalized spacial score (nSPS) is 20.2. The zero-order chi connectivity index (χ0) is 15.1. The van der Waals surface area contributed by atoms with E-state index in [2.05, 4.69) is 0 Å². The van der Waals surface area contributed by atoms with Gasteiger partial charge in [0.05, 0.1) is 5.56 Å². The van der Waals surface area contributed by atoms with Crippen LogP contribution in [0.1, 0.15) is 30.1 Å². The van der Waals surface area contributed by atoms with E-state index < -0.39 is 32.3 Å². The second kappa shape index (κ2) is 5.31. The Bertz CT molecular complexity index is 662. The summed E-state index contributed by atoms with van der Waals surface area (Å²) in [6.45, 7) is 2.02. The summed E-state index contributed by atoms with van der Waals surface area (Å²) in [7, 11) is -4.09. The van der Waals surface area contributed by atoms with Crippen LogP contribution in [0.5, 0.6) is 0 Å². The number of hydrogen-bond acceptors (Lipinski definition) is 3. The fourth-order valence-electron chi connectivity index (χ4n) is 2.30. The number of carbonyl (C=O) groups is 1. The van der Waals surface area contributed by atoms with Gasteiger partial charge in [0.1, 0.15) is 4.90 Å². The summed E-state index contributed by atoms with van der Waals surface area (Å²) in [5, 5.41) is 8.76. The van der Waals surface area contributed by atoms with Gasteiger partial charge in [0.15, 0.2) is 5.82 Å². The molecule has 0 aliphatic carbocycles. The highest BCUT2D eigenvalue weighted by molar-refractivity contribution is 7.89. The lowest BCUT2D eigenvalue weighted by atomic mass is 10.2. The minimum absolute atomic E-state index is 0.130. The standard InChI is InChI=1S/C12H13ClFNO4S/c1-7-3-2-4-15(7)20(18,19)10-6-8(13)5-9(11(10)14)12(16)17/h5-7H,2-4H2,1H3,(H,16,17). The van der Waals surface area contributed by atoms with Crippen LogP contribution in [0.2, 0.25) is 5.02 Å². The lowest BCUT2D eigenvalue weighted by Gasteiger charge is -2.21. The van der Waals surface area contributed by atoms with Gasteiger partial charge >= 0.3 is 5.97 Å². The van der Waals surface area contributed by atoms with Gasteiger partial charge in [0, 0.05) is 17.6 Å². The fraction of sp³-hybridized carbons (Fsp3) is 0.417. The van der Waals surface area contributed by atoms with E-state index in [9.17, 15) is 17.6 Å². The Morgan fingerprint density at radius 3 is 2.65 bits per heavy atom. The molecule has 0 aromatic heterocycles. The molecule has 2 rings (SSSR count). The van der Waals surface area contributed by atoms with Crippen LogP contribution in [0.15, 0.2) is 17.0 Å². The van der Waals surface area contributed by atoms with Gasteiger partial charge in [-0.05, 0) is 31.9 Å². The monoisotopic (exact) mass is 321 g/mol. The minimum atomic E-state index is -4.09. The van der Waals surface area contributed by atoms with Crippen LogP contribution >= 0.6 is 11.6 Å². The number of halogens is 2. The molecule has 8 heteroatoms. The van der Waals surface area contributed by atoms with Crippen LogP contribution < -0.4 is 0 Å². The third-order valence-corrected chi connectivity index (χ3v) is 5.54. The molecule has 5 nitrogen and oxygen atoms in total. The quantitative estimate of drug-likeness (QED) is 0.927. The first kappa shape index (κ1) is 15.2. The predicted molar refractivity (Wildman–Crippen MR) is 71.0 cm³/mol. The summed E-state index contributed by atoms with van der Waals surface area (Å²) in [6, 6.07) is 1.60. The maximum Gasteiger partial charge on any atom is 0.338 e. The molecule has 0 amide bonds. The first-order valence-corrected chi connectivity index (χ1v) is 7.81. The van der Waals surface area contributed by atoms with E-state index in [0.717, 1.165) is 12.1 Å². The van der Waals surface area contributed by atoms with Crippen molar-refractivity contribution in [2.75, 3.05) is 6.54 Å². The van der Waals surface area contributed by atoms with Crippen LogP contribution in [-0.2, 0) is 10.0 Å². The Morgan fingerprint density at radius 1 is 1.50 bits per heavy atom. The Morgan fingerprint density at radius 2 is 2.15 bits per heavy atom. The zero-order valence-electron chi connectivity index (χ0n) is 10.6. The van der Waals surface area contributed by atoms with Crippen LogP contribution in [0.3, 0.4) is 0 Å². The maximum atomic E-state index is 14.1. The molecular formula is C12H13ClFNO4S. The van der Waals surface area contributed by atoms with Gasteiger partial charge < -0.3 is 5.11 Å². The lowest BCUT2D eigenvalue weighted by molar-refractivity contribution is 0.0691. The summed E-state index contributed by atoms with van der Waals surface area (Å²) in [5.74, 6) is -2.84. The number of aromatic carboxylic acids is 1. The molecule has 1 atom stereocenters. The van der Waals surface area contributed by atoms with E-state index >= 15 is 0 Å². The first-order valence-electron chi connectivity index (χ1n) is 5.99. The average molecular weight is 322 g/mol. The van der Waals surface area contributed by atoms with Gasteiger partial charge in [0.25, 0.3) is 0 Å². The minimum Gasteiger partial charge on any atom is -0.478 e. The number of sulfonamides is 1. The molecule has 0 spiro atoms. The van der Waals surface area contributed by atoms with Gasteiger partial charge in [-0.3, -0.25) is 0 Å². The second-order valence-corrected chi connectivity index (χ2v) is 6.97. The van der Waals surface area contributed by atoms with Crippen LogP contribution in [0.25, 0.3) is 0 Å². The molecule has 1 aliphatic rings. The van der Waals surface area contributed by atoms with Crippen molar-refractivity contribution in [3.63, 3.8) is 0 Å². The van der Waals surface area contributed by atoms with E-state index in [4.69, 9.17) is 16.7 Å². The molecule has 1 fully saturated rings. The van der Waals surface area contributed by atoms with Crippen molar-refractivity contribution in [1.29, 1.82) is 0 Å². The molecule has 1 unspecified atom stereocenters. The summed E-state index contributed by atoms with van der Waals surface area (Å²) in [5.41, 5.74) is -0.747. The largest absolute Gasteiger partial charge is 0.478 e. The number of rotatable bonds is 3. The molecular weight excluding hydrogens is 309 g/mol. The third kappa shape index (κ3) is 2.53. The van der Waals surface area contributed by atoms with Crippen LogP contribution in [-0.4, -0.2) is 36.4 Å². The number of benzene rings is 1. The van der Waals surface area contributed by atoms with E-state index in [0.29, 0.717) is 12.8 Å². The molecule has 1 heterocycles. The average Bonchev–Trinajstić information content (AvgIpc) is 2.78. The molecule has 1 aromatic rings. The number of carboxylic acids is 1. The predicted octanol–water partition coefficient (Wildman–Crippen LogP) is 2.35. The van der Waals surface area contributed by atoms with Crippen molar-refractivity contribution < 1.29 is 22.7 Å². The smallest absolute Gasteiger partial charge is 0.338 e. The van der Waals surface area contributed by atoms with Gasteiger partial charge in [-0.2, -0.15) is 4.31 Å². The van der Waals surface area contributed by atoms with E-state index in [1.807, 2.05) is 0 Å². The van der Waals surface area contributed by atoms with Crippen molar-refractivity contribution in [2.45, 2.75) is 30.7 Å². The van der Waals surface area contributed by atoms with Gasteiger partial charge in [-0.1, -0.05) is 11.6 Å². The van der Waals surface area contributed by atoms with E-state index in [-0.39, 0.29) is 17.6 Å². The highest BCUT2D eigenvalue weighted by Gasteiger charge is 2.35. The Balaban J connectivity index is 2.60. The van der Waals surface area contributed by atoms with Gasteiger partial charge in [0.2, 0.25) is 10.0 Å². The highest BCUT2D eigenvalue weighted by Crippen LogP contribution is 2.30. The molecule has 0 bridgehead atoms. The third-order valence-electron chi connectivity index (χ3n) is 3.31. The fourth-order valence-corrected chi connectivity index (χ4v) is 4.39. The second-order valence-electron chi connectivity index (χ2n) is 4.68. The Kier molecular flexibility index (Phi) is 4.04. The Hall–Kier alpha value is -1.18. The summed E-state index contributed by atoms with van der Waals surface area (Å²) in [4.78, 5) is 10.2. The van der Waals surface area contributed by atoms with Gasteiger partial charge in [-0.25, -0.2) is 17.6 Å². The SMILES string of the molecule is CC1CCCN1S(=O)(=O)c1cc(Cl)cc(C(=O)O)c1F. The molecule has 0 saturated carbocycles. The first-order chi connectivity index (χ1) is 9.25. The topological polar surface area (TPSA) is 74.7 Å². The number of carboxylic acid groups (broad SMARTS) is 1. The van der Waals surface area contributed by atoms with Crippen molar-refractivity contribution in [1.82, 2.24) is 4.31 Å². The molecule has 20 heavy (non-hydrogen) atoms. The van der Waals surface area contributed by atoms with Gasteiger partial charge in [-0.15, -0.1) is 0 Å². The van der Waals surface area contributed by atoms with Crippen molar-refractivity contribution in [3.8, 4) is 0 Å². The van der Waals surface area contributed by atoms with E-state index in [1.165, 1.54) is 4.31 Å². The highest BCUT2D eigenvalue weighted by atomic mass is 35.5. The molecule has 1 saturated heterocycles. The summed E-state index contributed by atoms with van der Waals surface area (Å²) < 4.78 is 40.2. The molecule has 1 N–H and O–H groups in total. The zero-order valence-corrected chi connectivity index (χ0v) is 12.2. The van der Waals surface area contributed by atoms with E-state index in [1.54, 1.807) is 6.92 Å². The van der Waals surface area contributed by atoms with Crippen molar-refractivity contribution in [2.24, 2.45) is 0 Å². The van der Waals surface area contributed by atoms with Crippen molar-refractivity contribution >= 4 is 27.6 Å². The molecule has 1 aliphatic heterocycles. The number of nitrogens with zero attached hydrogens (tertiary/aromatic N) is 1. The van der Waals surface area contributed by atoms with Crippen LogP contribution in [0.4, 0.5) is 4.39 Å². The lowest BCUT2D eigenvalue weighted by Crippen LogP contribution is -2.34. The molecule has 1 aromatic carbocycles. The summed E-state index contributed by atoms with van der Waals surface area (Å²) in [6.07, 6.45) is 1.38.